The quantitative estimate of drug-likeness (QED) is 0.158. The number of rotatable bonds is 10. The molecule has 2 saturated carbocycles. The van der Waals surface area contributed by atoms with Crippen molar-refractivity contribution >= 4 is 57.9 Å². The lowest BCUT2D eigenvalue weighted by Crippen LogP contribution is -2.59. The molecule has 7 fully saturated rings. The second-order valence-electron chi connectivity index (χ2n) is 23.1. The van der Waals surface area contributed by atoms with Crippen LogP contribution in [0.4, 0.5) is 17.3 Å². The first kappa shape index (κ1) is 47.1. The second kappa shape index (κ2) is 18.5. The van der Waals surface area contributed by atoms with Crippen LogP contribution >= 0.6 is 0 Å². The number of anilines is 3. The standard InChI is InChI=1S/C56H71N11O5/c1-35(2)66-34-58-45-32-44(60-50(49(45)66)59-39-9-10-39)37-7-12-43-46(29-37)67(41-30-40(31-41)62-21-5-4-6-22-62)54(72)56(43)19-27-65(28-20-56)53(71)55(3)17-25-64(26-18-55)52(70)36-15-23-63(24-16-36)47-13-8-38(33-57-47)42-11-14-48(68)61-51(42)69/h7-8,12-13,29,32-36,39-42H,4-6,9-11,14-28,30-31H2,1-3H3,(H,59,60)(H,61,68,69)/t40?,41?,42-/m1/s1. The molecule has 2 aliphatic carbocycles. The number of aromatic nitrogens is 4. The van der Waals surface area contributed by atoms with E-state index in [1.165, 1.54) is 19.3 Å². The number of pyridine rings is 2. The van der Waals surface area contributed by atoms with Crippen LogP contribution in [0.2, 0.25) is 0 Å². The molecule has 0 unspecified atom stereocenters. The summed E-state index contributed by atoms with van der Waals surface area (Å²) >= 11 is 0. The Hall–Kier alpha value is -5.90. The molecule has 380 valence electrons. The van der Waals surface area contributed by atoms with Gasteiger partial charge in [-0.05, 0) is 140 Å². The molecule has 9 heterocycles. The summed E-state index contributed by atoms with van der Waals surface area (Å²) in [5, 5.41) is 6.13. The molecule has 0 bridgehead atoms. The number of carbonyl (C=O) groups is 5. The zero-order chi connectivity index (χ0) is 49.5. The Kier molecular flexibility index (Phi) is 12.1. The third kappa shape index (κ3) is 8.42. The van der Waals surface area contributed by atoms with Crippen molar-refractivity contribution in [3.63, 3.8) is 0 Å². The van der Waals surface area contributed by atoms with E-state index >= 15 is 4.79 Å². The number of imidazole rings is 1. The monoisotopic (exact) mass is 978 g/mol. The minimum atomic E-state index is -0.686. The van der Waals surface area contributed by atoms with Crippen molar-refractivity contribution in [2.24, 2.45) is 11.3 Å². The maximum atomic E-state index is 15.3. The van der Waals surface area contributed by atoms with Crippen LogP contribution in [0, 0.1) is 11.3 Å². The van der Waals surface area contributed by atoms with E-state index in [-0.39, 0.29) is 53.5 Å². The number of nitrogens with zero attached hydrogens (tertiary/aromatic N) is 9. The molecule has 16 heteroatoms. The van der Waals surface area contributed by atoms with Crippen LogP contribution in [0.1, 0.15) is 140 Å². The van der Waals surface area contributed by atoms with Gasteiger partial charge in [0.15, 0.2) is 5.82 Å². The lowest BCUT2D eigenvalue weighted by atomic mass is 9.72. The second-order valence-corrected chi connectivity index (χ2v) is 23.1. The van der Waals surface area contributed by atoms with Gasteiger partial charge in [0.2, 0.25) is 29.5 Å². The number of likely N-dealkylation sites (tertiary alicyclic amines) is 3. The summed E-state index contributed by atoms with van der Waals surface area (Å²) in [5.74, 6) is 1.29. The lowest BCUT2D eigenvalue weighted by molar-refractivity contribution is -0.150. The number of hydrogen-bond donors (Lipinski definition) is 2. The minimum absolute atomic E-state index is 0.0725. The van der Waals surface area contributed by atoms with Gasteiger partial charge in [-0.2, -0.15) is 0 Å². The van der Waals surface area contributed by atoms with E-state index in [1.807, 2.05) is 28.3 Å². The summed E-state index contributed by atoms with van der Waals surface area (Å²) in [6.45, 7) is 12.3. The molecule has 4 aromatic rings. The third-order valence-electron chi connectivity index (χ3n) is 18.3. The fraction of sp³-hybridized carbons (Fsp3) is 0.607. The topological polar surface area (TPSA) is 169 Å². The minimum Gasteiger partial charge on any atom is -0.366 e. The predicted molar refractivity (Wildman–Crippen MR) is 275 cm³/mol. The number of hydrogen-bond acceptors (Lipinski definition) is 11. The van der Waals surface area contributed by atoms with Gasteiger partial charge >= 0.3 is 0 Å². The normalized spacial score (nSPS) is 25.8. The molecule has 12 rings (SSSR count). The van der Waals surface area contributed by atoms with Gasteiger partial charge in [0.25, 0.3) is 0 Å². The Balaban J connectivity index is 0.705. The van der Waals surface area contributed by atoms with Crippen molar-refractivity contribution in [3.8, 4) is 11.3 Å². The third-order valence-corrected chi connectivity index (χ3v) is 18.3. The zero-order valence-electron chi connectivity index (χ0n) is 42.4. The number of nitrogens with one attached hydrogen (secondary N) is 2. The highest BCUT2D eigenvalue weighted by atomic mass is 16.2. The molecule has 8 aliphatic rings. The van der Waals surface area contributed by atoms with Crippen LogP contribution < -0.4 is 20.4 Å². The molecule has 6 aliphatic heterocycles. The van der Waals surface area contributed by atoms with E-state index in [1.54, 1.807) is 6.20 Å². The van der Waals surface area contributed by atoms with Gasteiger partial charge in [0, 0.05) is 98.6 Å². The molecular formula is C56H71N11O5. The van der Waals surface area contributed by atoms with Gasteiger partial charge in [-0.1, -0.05) is 31.5 Å². The Labute approximate surface area is 422 Å². The number of amides is 5. The van der Waals surface area contributed by atoms with Crippen LogP contribution in [0.15, 0.2) is 48.9 Å². The molecule has 0 radical (unpaired) electrons. The van der Waals surface area contributed by atoms with Crippen molar-refractivity contribution in [2.45, 2.75) is 153 Å². The molecule has 2 N–H and O–H groups in total. The molecule has 16 nitrogen and oxygen atoms in total. The van der Waals surface area contributed by atoms with Crippen molar-refractivity contribution in [2.75, 3.05) is 67.5 Å². The van der Waals surface area contributed by atoms with E-state index < -0.39 is 10.8 Å². The molecular weight excluding hydrogens is 907 g/mol. The summed E-state index contributed by atoms with van der Waals surface area (Å²) in [6, 6.07) is 13.9. The summed E-state index contributed by atoms with van der Waals surface area (Å²) in [5.41, 5.74) is 5.44. The fourth-order valence-corrected chi connectivity index (χ4v) is 13.4. The lowest BCUT2D eigenvalue weighted by Gasteiger charge is -2.48. The average Bonchev–Trinajstić information content (AvgIpc) is 4.05. The van der Waals surface area contributed by atoms with Crippen molar-refractivity contribution in [1.82, 2.24) is 39.5 Å². The number of imide groups is 1. The number of benzene rings is 1. The van der Waals surface area contributed by atoms with Crippen LogP contribution in [0.3, 0.4) is 0 Å². The largest absolute Gasteiger partial charge is 0.366 e. The summed E-state index contributed by atoms with van der Waals surface area (Å²) in [7, 11) is 0. The zero-order valence-corrected chi connectivity index (χ0v) is 42.4. The SMILES string of the molecule is CC(C)n1cnc2cc(-c3ccc4c(c3)N(C3CC(N5CCCCC5)C3)C(=O)C43CCN(C(=O)C4(C)CCN(C(=O)C5CCN(c6ccc([C@H]7CCC(=O)NC7=O)cn6)CC5)CC4)CC3)nc(NC3CC3)c21. The first-order valence-corrected chi connectivity index (χ1v) is 27.4. The first-order valence-electron chi connectivity index (χ1n) is 27.4. The van der Waals surface area contributed by atoms with Gasteiger partial charge in [-0.25, -0.2) is 15.0 Å². The molecule has 72 heavy (non-hydrogen) atoms. The maximum Gasteiger partial charge on any atom is 0.238 e. The number of piperidine rings is 5. The number of fused-ring (bicyclic) bond motifs is 3. The van der Waals surface area contributed by atoms with Crippen LogP contribution in [0.5, 0.6) is 0 Å². The summed E-state index contributed by atoms with van der Waals surface area (Å²) < 4.78 is 2.20. The van der Waals surface area contributed by atoms with Gasteiger partial charge in [-0.3, -0.25) is 29.3 Å². The van der Waals surface area contributed by atoms with E-state index in [0.29, 0.717) is 89.9 Å². The van der Waals surface area contributed by atoms with Crippen molar-refractivity contribution in [3.05, 3.63) is 60.0 Å². The van der Waals surface area contributed by atoms with Gasteiger partial charge in [0.05, 0.1) is 28.9 Å². The average molecular weight is 978 g/mol. The molecule has 5 amide bonds. The Morgan fingerprint density at radius 3 is 2.21 bits per heavy atom. The first-order chi connectivity index (χ1) is 34.9. The maximum absolute atomic E-state index is 15.3. The van der Waals surface area contributed by atoms with Gasteiger partial charge in [0.1, 0.15) is 11.3 Å². The van der Waals surface area contributed by atoms with Crippen LogP contribution in [-0.4, -0.2) is 134 Å². The summed E-state index contributed by atoms with van der Waals surface area (Å²) in [6.07, 6.45) is 16.4. The molecule has 1 spiro atoms. The molecule has 3 aromatic heterocycles. The summed E-state index contributed by atoms with van der Waals surface area (Å²) in [4.78, 5) is 93.6. The highest BCUT2D eigenvalue weighted by Gasteiger charge is 2.56. The highest BCUT2D eigenvalue weighted by Crippen LogP contribution is 2.53. The van der Waals surface area contributed by atoms with Gasteiger partial charge < -0.3 is 34.4 Å². The predicted octanol–water partition coefficient (Wildman–Crippen LogP) is 6.94. The van der Waals surface area contributed by atoms with E-state index in [9.17, 15) is 19.2 Å². The highest BCUT2D eigenvalue weighted by molar-refractivity contribution is 6.09. The molecule has 1 atom stereocenters. The van der Waals surface area contributed by atoms with Crippen molar-refractivity contribution < 1.29 is 24.0 Å². The van der Waals surface area contributed by atoms with E-state index in [4.69, 9.17) is 9.97 Å². The van der Waals surface area contributed by atoms with Crippen molar-refractivity contribution in [1.29, 1.82) is 0 Å². The number of carbonyl (C=O) groups excluding carboxylic acids is 5. The van der Waals surface area contributed by atoms with E-state index in [0.717, 1.165) is 102 Å². The Morgan fingerprint density at radius 2 is 1.53 bits per heavy atom. The molecule has 5 saturated heterocycles. The van der Waals surface area contributed by atoms with E-state index in [2.05, 4.69) is 79.9 Å². The van der Waals surface area contributed by atoms with Crippen LogP contribution in [-0.2, 0) is 29.4 Å². The fourth-order valence-electron chi connectivity index (χ4n) is 13.4. The van der Waals surface area contributed by atoms with Gasteiger partial charge in [-0.15, -0.1) is 0 Å². The Morgan fingerprint density at radius 1 is 0.792 bits per heavy atom. The smallest absolute Gasteiger partial charge is 0.238 e. The Bertz CT molecular complexity index is 2770. The molecule has 1 aromatic carbocycles. The van der Waals surface area contributed by atoms with Crippen LogP contribution in [0.25, 0.3) is 22.3 Å².